The molecule has 2 N–H and O–H groups in total. The largest absolute Gasteiger partial charge is 0.481 e. The van der Waals surface area contributed by atoms with Crippen molar-refractivity contribution in [2.75, 3.05) is 6.54 Å². The summed E-state index contributed by atoms with van der Waals surface area (Å²) in [6.45, 7) is 3.23. The fourth-order valence-corrected chi connectivity index (χ4v) is 2.19. The molecule has 0 saturated carbocycles. The van der Waals surface area contributed by atoms with E-state index in [0.717, 1.165) is 10.2 Å². The highest BCUT2D eigenvalue weighted by Crippen LogP contribution is 2.19. The molecule has 6 heteroatoms. The van der Waals surface area contributed by atoms with Gasteiger partial charge in [-0.15, -0.1) is 11.3 Å². The van der Waals surface area contributed by atoms with Gasteiger partial charge >= 0.3 is 5.97 Å². The van der Waals surface area contributed by atoms with Crippen LogP contribution in [0, 0.1) is 5.41 Å². The van der Waals surface area contributed by atoms with Gasteiger partial charge in [-0.2, -0.15) is 0 Å². The maximum Gasteiger partial charge on any atom is 0.310 e. The predicted molar refractivity (Wildman–Crippen MR) is 73.4 cm³/mol. The first kappa shape index (κ1) is 13.5. The second-order valence-electron chi connectivity index (χ2n) is 4.91. The number of nitrogens with zero attached hydrogens (tertiary/aromatic N) is 1. The number of fused-ring (bicyclic) bond motifs is 1. The van der Waals surface area contributed by atoms with E-state index >= 15 is 0 Å². The number of amides is 1. The summed E-state index contributed by atoms with van der Waals surface area (Å²) in [6, 6.07) is 5.23. The quantitative estimate of drug-likeness (QED) is 0.898. The predicted octanol–water partition coefficient (Wildman–Crippen LogP) is 2.14. The molecule has 0 aliphatic heterocycles. The molecule has 5 nitrogen and oxygen atoms in total. The van der Waals surface area contributed by atoms with Gasteiger partial charge in [0, 0.05) is 12.1 Å². The summed E-state index contributed by atoms with van der Waals surface area (Å²) in [5.41, 5.74) is 2.11. The van der Waals surface area contributed by atoms with E-state index in [4.69, 9.17) is 5.11 Å². The van der Waals surface area contributed by atoms with Crippen LogP contribution in [0.5, 0.6) is 0 Å². The molecule has 0 bridgehead atoms. The van der Waals surface area contributed by atoms with Gasteiger partial charge in [0.2, 0.25) is 0 Å². The zero-order valence-corrected chi connectivity index (χ0v) is 11.5. The van der Waals surface area contributed by atoms with Crippen LogP contribution in [0.3, 0.4) is 0 Å². The molecule has 19 heavy (non-hydrogen) atoms. The highest BCUT2D eigenvalue weighted by atomic mass is 32.1. The van der Waals surface area contributed by atoms with Gasteiger partial charge in [0.15, 0.2) is 0 Å². The Bertz CT molecular complexity index is 634. The lowest BCUT2D eigenvalue weighted by molar-refractivity contribution is -0.146. The number of aliphatic carboxylic acids is 1. The number of carbonyl (C=O) groups excluding carboxylic acids is 1. The topological polar surface area (TPSA) is 79.3 Å². The summed E-state index contributed by atoms with van der Waals surface area (Å²) in [7, 11) is 0. The Morgan fingerprint density at radius 3 is 2.84 bits per heavy atom. The molecule has 2 rings (SSSR count). The summed E-state index contributed by atoms with van der Waals surface area (Å²) in [5.74, 6) is -1.21. The van der Waals surface area contributed by atoms with Crippen molar-refractivity contribution in [3.63, 3.8) is 0 Å². The smallest absolute Gasteiger partial charge is 0.310 e. The molecule has 100 valence electrons. The molecule has 1 amide bonds. The number of benzene rings is 1. The number of rotatable bonds is 4. The van der Waals surface area contributed by atoms with Crippen molar-refractivity contribution in [3.05, 3.63) is 29.3 Å². The first-order valence-electron chi connectivity index (χ1n) is 5.75. The van der Waals surface area contributed by atoms with Crippen molar-refractivity contribution in [1.82, 2.24) is 10.3 Å². The van der Waals surface area contributed by atoms with Crippen molar-refractivity contribution in [2.45, 2.75) is 13.8 Å². The molecule has 0 spiro atoms. The van der Waals surface area contributed by atoms with Crippen LogP contribution in [0.25, 0.3) is 10.2 Å². The van der Waals surface area contributed by atoms with Crippen LogP contribution in [0.2, 0.25) is 0 Å². The molecule has 0 fully saturated rings. The van der Waals surface area contributed by atoms with Crippen LogP contribution in [0.1, 0.15) is 24.2 Å². The Hall–Kier alpha value is -1.95. The summed E-state index contributed by atoms with van der Waals surface area (Å²) in [6.07, 6.45) is 0. The van der Waals surface area contributed by atoms with E-state index in [1.807, 2.05) is 0 Å². The molecule has 1 aromatic carbocycles. The lowest BCUT2D eigenvalue weighted by Crippen LogP contribution is -2.38. The van der Waals surface area contributed by atoms with Crippen molar-refractivity contribution in [1.29, 1.82) is 0 Å². The van der Waals surface area contributed by atoms with E-state index in [9.17, 15) is 9.59 Å². The average Bonchev–Trinajstić information content (AvgIpc) is 2.82. The standard InChI is InChI=1S/C13H14N2O3S/c1-13(2,12(17)18)6-14-11(16)8-3-4-9-10(5-8)19-7-15-9/h3-5,7H,6H2,1-2H3,(H,14,16)(H,17,18). The Kier molecular flexibility index (Phi) is 3.53. The number of carboxylic acid groups (broad SMARTS) is 1. The molecule has 0 radical (unpaired) electrons. The monoisotopic (exact) mass is 278 g/mol. The van der Waals surface area contributed by atoms with E-state index in [0.29, 0.717) is 5.56 Å². The van der Waals surface area contributed by atoms with Crippen LogP contribution in [0.4, 0.5) is 0 Å². The van der Waals surface area contributed by atoms with Gasteiger partial charge in [0.05, 0.1) is 21.1 Å². The van der Waals surface area contributed by atoms with Crippen LogP contribution in [-0.2, 0) is 4.79 Å². The normalized spacial score (nSPS) is 11.5. The molecule has 0 unspecified atom stereocenters. The molecule has 0 saturated heterocycles. The Balaban J connectivity index is 2.09. The van der Waals surface area contributed by atoms with Gasteiger partial charge < -0.3 is 10.4 Å². The van der Waals surface area contributed by atoms with Gasteiger partial charge in [0.25, 0.3) is 5.91 Å². The highest BCUT2D eigenvalue weighted by molar-refractivity contribution is 7.16. The number of carboxylic acids is 1. The van der Waals surface area contributed by atoms with E-state index < -0.39 is 11.4 Å². The van der Waals surface area contributed by atoms with Crippen molar-refractivity contribution >= 4 is 33.4 Å². The third-order valence-electron chi connectivity index (χ3n) is 2.86. The van der Waals surface area contributed by atoms with E-state index in [1.54, 1.807) is 37.6 Å². The van der Waals surface area contributed by atoms with Crippen LogP contribution in [-0.4, -0.2) is 28.5 Å². The summed E-state index contributed by atoms with van der Waals surface area (Å²) < 4.78 is 0.935. The van der Waals surface area contributed by atoms with Crippen LogP contribution >= 0.6 is 11.3 Å². The van der Waals surface area contributed by atoms with Crippen LogP contribution < -0.4 is 5.32 Å². The lowest BCUT2D eigenvalue weighted by Gasteiger charge is -2.19. The van der Waals surface area contributed by atoms with Gasteiger partial charge in [0.1, 0.15) is 0 Å². The van der Waals surface area contributed by atoms with Gasteiger partial charge in [-0.25, -0.2) is 4.98 Å². The molecule has 2 aromatic rings. The van der Waals surface area contributed by atoms with Crippen LogP contribution in [0.15, 0.2) is 23.7 Å². The number of aromatic nitrogens is 1. The third kappa shape index (κ3) is 2.90. The molecule has 0 aliphatic rings. The minimum absolute atomic E-state index is 0.0852. The lowest BCUT2D eigenvalue weighted by atomic mass is 9.94. The Morgan fingerprint density at radius 1 is 1.42 bits per heavy atom. The molecule has 0 aliphatic carbocycles. The number of hydrogen-bond donors (Lipinski definition) is 2. The molecule has 1 heterocycles. The van der Waals surface area contributed by atoms with Crippen molar-refractivity contribution < 1.29 is 14.7 Å². The number of thiazole rings is 1. The first-order chi connectivity index (χ1) is 8.90. The first-order valence-corrected chi connectivity index (χ1v) is 6.63. The SMILES string of the molecule is CC(C)(CNC(=O)c1ccc2ncsc2c1)C(=O)O. The second kappa shape index (κ2) is 4.97. The Labute approximate surface area is 114 Å². The number of nitrogens with one attached hydrogen (secondary N) is 1. The third-order valence-corrected chi connectivity index (χ3v) is 3.66. The highest BCUT2D eigenvalue weighted by Gasteiger charge is 2.27. The zero-order valence-electron chi connectivity index (χ0n) is 10.6. The van der Waals surface area contributed by atoms with E-state index in [2.05, 4.69) is 10.3 Å². The Morgan fingerprint density at radius 2 is 2.16 bits per heavy atom. The van der Waals surface area contributed by atoms with Gasteiger partial charge in [-0.1, -0.05) is 0 Å². The zero-order chi connectivity index (χ0) is 14.0. The summed E-state index contributed by atoms with van der Waals surface area (Å²) >= 11 is 1.46. The maximum atomic E-state index is 12.0. The van der Waals surface area contributed by atoms with E-state index in [-0.39, 0.29) is 12.5 Å². The number of hydrogen-bond acceptors (Lipinski definition) is 4. The van der Waals surface area contributed by atoms with Gasteiger partial charge in [-0.05, 0) is 32.0 Å². The number of carbonyl (C=O) groups is 2. The molecular weight excluding hydrogens is 264 g/mol. The fraction of sp³-hybridized carbons (Fsp3) is 0.308. The second-order valence-corrected chi connectivity index (χ2v) is 5.79. The van der Waals surface area contributed by atoms with E-state index in [1.165, 1.54) is 11.3 Å². The summed E-state index contributed by atoms with van der Waals surface area (Å²) in [4.78, 5) is 27.0. The average molecular weight is 278 g/mol. The summed E-state index contributed by atoms with van der Waals surface area (Å²) in [5, 5.41) is 11.6. The van der Waals surface area contributed by atoms with Crippen molar-refractivity contribution in [3.8, 4) is 0 Å². The molecular formula is C13H14N2O3S. The maximum absolute atomic E-state index is 12.0. The molecule has 0 atom stereocenters. The van der Waals surface area contributed by atoms with Crippen molar-refractivity contribution in [2.24, 2.45) is 5.41 Å². The van der Waals surface area contributed by atoms with Gasteiger partial charge in [-0.3, -0.25) is 9.59 Å². The minimum Gasteiger partial charge on any atom is -0.481 e. The minimum atomic E-state index is -0.982. The molecule has 1 aromatic heterocycles. The fourth-order valence-electron chi connectivity index (χ4n) is 1.48.